The molecule has 21 heavy (non-hydrogen) atoms. The van der Waals surface area contributed by atoms with Crippen molar-refractivity contribution in [3.05, 3.63) is 36.5 Å². The molecule has 2 aromatic rings. The van der Waals surface area contributed by atoms with Crippen LogP contribution in [0.4, 0.5) is 11.8 Å². The van der Waals surface area contributed by atoms with Crippen molar-refractivity contribution in [2.24, 2.45) is 0 Å². The molecule has 3 rings (SSSR count). The molecule has 0 bridgehead atoms. The van der Waals surface area contributed by atoms with Crippen LogP contribution in [0.2, 0.25) is 0 Å². The number of rotatable bonds is 4. The van der Waals surface area contributed by atoms with Gasteiger partial charge in [-0.2, -0.15) is 0 Å². The van der Waals surface area contributed by atoms with Crippen molar-refractivity contribution in [1.29, 1.82) is 0 Å². The molecule has 0 amide bonds. The Labute approximate surface area is 124 Å². The third kappa shape index (κ3) is 3.16. The minimum absolute atomic E-state index is 0.385. The Kier molecular flexibility index (Phi) is 4.06. The van der Waals surface area contributed by atoms with Gasteiger partial charge in [0.15, 0.2) is 5.82 Å². The SMILES string of the molecule is CC(C)N1CCCC1c1ccnc(Nc2cnccn2)n1. The summed E-state index contributed by atoms with van der Waals surface area (Å²) >= 11 is 0. The molecule has 1 atom stereocenters. The van der Waals surface area contributed by atoms with Gasteiger partial charge in [-0.25, -0.2) is 15.0 Å². The van der Waals surface area contributed by atoms with Gasteiger partial charge in [-0.1, -0.05) is 0 Å². The van der Waals surface area contributed by atoms with E-state index in [1.54, 1.807) is 24.8 Å². The smallest absolute Gasteiger partial charge is 0.228 e. The van der Waals surface area contributed by atoms with Crippen LogP contribution in [-0.2, 0) is 0 Å². The maximum Gasteiger partial charge on any atom is 0.228 e. The molecule has 1 saturated heterocycles. The first-order valence-corrected chi connectivity index (χ1v) is 7.36. The van der Waals surface area contributed by atoms with Crippen LogP contribution >= 0.6 is 0 Å². The number of likely N-dealkylation sites (tertiary alicyclic amines) is 1. The van der Waals surface area contributed by atoms with Crippen molar-refractivity contribution in [2.75, 3.05) is 11.9 Å². The second kappa shape index (κ2) is 6.13. The number of nitrogens with one attached hydrogen (secondary N) is 1. The van der Waals surface area contributed by atoms with Gasteiger partial charge in [0, 0.05) is 24.6 Å². The number of nitrogens with zero attached hydrogens (tertiary/aromatic N) is 5. The van der Waals surface area contributed by atoms with E-state index in [4.69, 9.17) is 0 Å². The average Bonchev–Trinajstić information content (AvgIpc) is 2.98. The fourth-order valence-corrected chi connectivity index (χ4v) is 2.82. The summed E-state index contributed by atoms with van der Waals surface area (Å²) < 4.78 is 0. The van der Waals surface area contributed by atoms with Crippen molar-refractivity contribution < 1.29 is 0 Å². The minimum Gasteiger partial charge on any atom is -0.307 e. The lowest BCUT2D eigenvalue weighted by Crippen LogP contribution is -2.30. The summed E-state index contributed by atoms with van der Waals surface area (Å²) in [5, 5.41) is 3.10. The van der Waals surface area contributed by atoms with Gasteiger partial charge in [-0.15, -0.1) is 0 Å². The van der Waals surface area contributed by atoms with E-state index in [0.717, 1.165) is 18.7 Å². The van der Waals surface area contributed by atoms with E-state index >= 15 is 0 Å². The van der Waals surface area contributed by atoms with E-state index in [2.05, 4.69) is 44.0 Å². The molecule has 1 unspecified atom stereocenters. The Morgan fingerprint density at radius 1 is 1.24 bits per heavy atom. The monoisotopic (exact) mass is 284 g/mol. The summed E-state index contributed by atoms with van der Waals surface area (Å²) in [6.45, 7) is 5.61. The maximum absolute atomic E-state index is 4.65. The van der Waals surface area contributed by atoms with Gasteiger partial charge >= 0.3 is 0 Å². The van der Waals surface area contributed by atoms with Crippen LogP contribution in [0.3, 0.4) is 0 Å². The fraction of sp³-hybridized carbons (Fsp3) is 0.467. The van der Waals surface area contributed by atoms with Crippen LogP contribution in [0, 0.1) is 0 Å². The highest BCUT2D eigenvalue weighted by atomic mass is 15.2. The molecule has 6 heteroatoms. The van der Waals surface area contributed by atoms with E-state index in [0.29, 0.717) is 23.8 Å². The molecule has 0 radical (unpaired) electrons. The molecular weight excluding hydrogens is 264 g/mol. The third-order valence-corrected chi connectivity index (χ3v) is 3.78. The Hall–Kier alpha value is -2.08. The van der Waals surface area contributed by atoms with Gasteiger partial charge in [0.1, 0.15) is 0 Å². The molecule has 0 saturated carbocycles. The van der Waals surface area contributed by atoms with Gasteiger partial charge in [0.05, 0.1) is 17.9 Å². The van der Waals surface area contributed by atoms with Gasteiger partial charge in [-0.05, 0) is 39.3 Å². The zero-order chi connectivity index (χ0) is 14.7. The Morgan fingerprint density at radius 3 is 2.90 bits per heavy atom. The zero-order valence-corrected chi connectivity index (χ0v) is 12.4. The first kappa shape index (κ1) is 13.9. The van der Waals surface area contributed by atoms with Crippen molar-refractivity contribution in [1.82, 2.24) is 24.8 Å². The lowest BCUT2D eigenvalue weighted by molar-refractivity contribution is 0.202. The Bertz CT molecular complexity index is 586. The van der Waals surface area contributed by atoms with Crippen molar-refractivity contribution in [3.63, 3.8) is 0 Å². The summed E-state index contributed by atoms with van der Waals surface area (Å²) in [6.07, 6.45) is 9.12. The second-order valence-electron chi connectivity index (χ2n) is 5.51. The van der Waals surface area contributed by atoms with Crippen LogP contribution in [0.15, 0.2) is 30.9 Å². The molecule has 3 heterocycles. The molecule has 2 aromatic heterocycles. The second-order valence-corrected chi connectivity index (χ2v) is 5.51. The van der Waals surface area contributed by atoms with Crippen LogP contribution < -0.4 is 5.32 Å². The van der Waals surface area contributed by atoms with E-state index in [9.17, 15) is 0 Å². The van der Waals surface area contributed by atoms with Crippen molar-refractivity contribution in [3.8, 4) is 0 Å². The average molecular weight is 284 g/mol. The van der Waals surface area contributed by atoms with E-state index in [1.165, 1.54) is 6.42 Å². The topological polar surface area (TPSA) is 66.8 Å². The summed E-state index contributed by atoms with van der Waals surface area (Å²) in [5.74, 6) is 1.23. The molecule has 1 N–H and O–H groups in total. The van der Waals surface area contributed by atoms with E-state index in [1.807, 2.05) is 6.07 Å². The van der Waals surface area contributed by atoms with Crippen LogP contribution in [0.1, 0.15) is 38.4 Å². The molecule has 1 fully saturated rings. The predicted molar refractivity (Wildman–Crippen MR) is 81.2 cm³/mol. The van der Waals surface area contributed by atoms with Gasteiger partial charge < -0.3 is 5.32 Å². The molecule has 0 aromatic carbocycles. The van der Waals surface area contributed by atoms with E-state index < -0.39 is 0 Å². The summed E-state index contributed by atoms with van der Waals surface area (Å²) in [4.78, 5) is 19.6. The highest BCUT2D eigenvalue weighted by molar-refractivity contribution is 5.45. The highest BCUT2D eigenvalue weighted by Gasteiger charge is 2.28. The summed E-state index contributed by atoms with van der Waals surface area (Å²) in [6, 6.07) is 2.92. The standard InChI is InChI=1S/C15H20N6/c1-11(2)21-9-3-4-13(21)12-5-6-18-15(19-12)20-14-10-16-7-8-17-14/h5-8,10-11,13H,3-4,9H2,1-2H3,(H,17,18,19,20). The van der Waals surface area contributed by atoms with Crippen molar-refractivity contribution >= 4 is 11.8 Å². The predicted octanol–water partition coefficient (Wildman–Crippen LogP) is 2.56. The van der Waals surface area contributed by atoms with Crippen molar-refractivity contribution in [2.45, 2.75) is 38.8 Å². The van der Waals surface area contributed by atoms with Crippen LogP contribution in [-0.4, -0.2) is 37.4 Å². The maximum atomic E-state index is 4.65. The van der Waals surface area contributed by atoms with Crippen LogP contribution in [0.5, 0.6) is 0 Å². The quantitative estimate of drug-likeness (QED) is 0.930. The number of aromatic nitrogens is 4. The first-order valence-electron chi connectivity index (χ1n) is 7.36. The van der Waals surface area contributed by atoms with Gasteiger partial charge in [-0.3, -0.25) is 9.88 Å². The number of hydrogen-bond donors (Lipinski definition) is 1. The minimum atomic E-state index is 0.385. The largest absolute Gasteiger partial charge is 0.307 e. The van der Waals surface area contributed by atoms with E-state index in [-0.39, 0.29) is 0 Å². The fourth-order valence-electron chi connectivity index (χ4n) is 2.82. The summed E-state index contributed by atoms with van der Waals surface area (Å²) in [7, 11) is 0. The molecular formula is C15H20N6. The molecule has 1 aliphatic rings. The normalized spacial score (nSPS) is 19.1. The van der Waals surface area contributed by atoms with Gasteiger partial charge in [0.25, 0.3) is 0 Å². The molecule has 0 spiro atoms. The van der Waals surface area contributed by atoms with Crippen LogP contribution in [0.25, 0.3) is 0 Å². The first-order chi connectivity index (χ1) is 10.2. The third-order valence-electron chi connectivity index (χ3n) is 3.78. The summed E-state index contributed by atoms with van der Waals surface area (Å²) in [5.41, 5.74) is 1.07. The molecule has 1 aliphatic heterocycles. The zero-order valence-electron chi connectivity index (χ0n) is 12.4. The highest BCUT2D eigenvalue weighted by Crippen LogP contribution is 2.32. The molecule has 110 valence electrons. The molecule has 0 aliphatic carbocycles. The number of hydrogen-bond acceptors (Lipinski definition) is 6. The Balaban J connectivity index is 1.80. The Morgan fingerprint density at radius 2 is 2.14 bits per heavy atom. The van der Waals surface area contributed by atoms with Gasteiger partial charge in [0.2, 0.25) is 5.95 Å². The lowest BCUT2D eigenvalue weighted by atomic mass is 10.1. The number of anilines is 2. The molecule has 6 nitrogen and oxygen atoms in total. The lowest BCUT2D eigenvalue weighted by Gasteiger charge is -2.27.